The SMILES string of the molecule is CCCCCCCCOc1ccc(C2=[N+](CCN)CCN2)cc1. The summed E-state index contributed by atoms with van der Waals surface area (Å²) in [4.78, 5) is 0. The third kappa shape index (κ3) is 5.87. The second kappa shape index (κ2) is 10.3. The van der Waals surface area contributed by atoms with Crippen LogP contribution in [0.2, 0.25) is 0 Å². The van der Waals surface area contributed by atoms with E-state index in [0.29, 0.717) is 6.54 Å². The van der Waals surface area contributed by atoms with Gasteiger partial charge in [-0.05, 0) is 30.7 Å². The second-order valence-electron chi connectivity index (χ2n) is 6.19. The third-order valence-corrected chi connectivity index (χ3v) is 4.28. The Kier molecular flexibility index (Phi) is 7.95. The van der Waals surface area contributed by atoms with Crippen molar-refractivity contribution in [3.8, 4) is 5.75 Å². The van der Waals surface area contributed by atoms with E-state index in [1.54, 1.807) is 0 Å². The number of nitrogens with one attached hydrogen (secondary N) is 1. The van der Waals surface area contributed by atoms with Crippen LogP contribution in [0.5, 0.6) is 5.75 Å². The van der Waals surface area contributed by atoms with Crippen molar-refractivity contribution in [1.29, 1.82) is 0 Å². The molecule has 0 aliphatic carbocycles. The lowest BCUT2D eigenvalue weighted by molar-refractivity contribution is -0.514. The Labute approximate surface area is 140 Å². The molecule has 0 spiro atoms. The van der Waals surface area contributed by atoms with Gasteiger partial charge in [0, 0.05) is 6.54 Å². The molecule has 0 aromatic heterocycles. The third-order valence-electron chi connectivity index (χ3n) is 4.28. The number of benzene rings is 1. The average molecular weight is 318 g/mol. The molecule has 4 nitrogen and oxygen atoms in total. The highest BCUT2D eigenvalue weighted by Gasteiger charge is 2.21. The first-order chi connectivity index (χ1) is 11.3. The predicted octanol–water partition coefficient (Wildman–Crippen LogP) is 2.75. The molecule has 1 aromatic carbocycles. The van der Waals surface area contributed by atoms with Gasteiger partial charge in [-0.1, -0.05) is 39.0 Å². The van der Waals surface area contributed by atoms with E-state index < -0.39 is 0 Å². The van der Waals surface area contributed by atoms with Crippen LogP contribution in [0.15, 0.2) is 24.3 Å². The standard InChI is InChI=1S/C19H31N3O/c1-2-3-4-5-6-7-16-23-18-10-8-17(9-11-18)19-21-13-15-22(19)14-12-20/h8-11H,2-7,12-16,20H2,1H3/p+1. The highest BCUT2D eigenvalue weighted by Crippen LogP contribution is 2.14. The molecular weight excluding hydrogens is 286 g/mol. The van der Waals surface area contributed by atoms with Gasteiger partial charge in [-0.2, -0.15) is 0 Å². The van der Waals surface area contributed by atoms with Crippen molar-refractivity contribution in [2.75, 3.05) is 32.8 Å². The molecule has 0 saturated heterocycles. The summed E-state index contributed by atoms with van der Waals surface area (Å²) in [5, 5.41) is 3.45. The molecule has 1 aliphatic heterocycles. The van der Waals surface area contributed by atoms with Crippen LogP contribution in [0.4, 0.5) is 0 Å². The number of rotatable bonds is 11. The lowest BCUT2D eigenvalue weighted by atomic mass is 10.1. The van der Waals surface area contributed by atoms with Crippen molar-refractivity contribution < 1.29 is 9.31 Å². The number of nitrogens with zero attached hydrogens (tertiary/aromatic N) is 1. The van der Waals surface area contributed by atoms with E-state index >= 15 is 0 Å². The highest BCUT2D eigenvalue weighted by atomic mass is 16.5. The van der Waals surface area contributed by atoms with Crippen LogP contribution in [0.1, 0.15) is 51.0 Å². The fraction of sp³-hybridized carbons (Fsp3) is 0.632. The zero-order valence-corrected chi connectivity index (χ0v) is 14.5. The molecular formula is C19H32N3O+. The Bertz CT molecular complexity index is 482. The zero-order chi connectivity index (χ0) is 16.3. The molecule has 1 aliphatic rings. The van der Waals surface area contributed by atoms with Gasteiger partial charge in [0.15, 0.2) is 0 Å². The number of hydrogen-bond acceptors (Lipinski definition) is 3. The van der Waals surface area contributed by atoms with Gasteiger partial charge in [0.05, 0.1) is 18.7 Å². The van der Waals surface area contributed by atoms with Crippen LogP contribution in [-0.2, 0) is 0 Å². The quantitative estimate of drug-likeness (QED) is 0.487. The van der Waals surface area contributed by atoms with Crippen LogP contribution in [0.25, 0.3) is 0 Å². The fourth-order valence-electron chi connectivity index (χ4n) is 2.98. The van der Waals surface area contributed by atoms with E-state index in [1.807, 2.05) is 0 Å². The Morgan fingerprint density at radius 1 is 1.09 bits per heavy atom. The summed E-state index contributed by atoms with van der Waals surface area (Å²) in [6.07, 6.45) is 7.77. The highest BCUT2D eigenvalue weighted by molar-refractivity contribution is 5.95. The number of nitrogens with two attached hydrogens (primary N) is 1. The van der Waals surface area contributed by atoms with Gasteiger partial charge in [-0.3, -0.25) is 9.89 Å². The maximum Gasteiger partial charge on any atom is 0.277 e. The minimum atomic E-state index is 0.685. The second-order valence-corrected chi connectivity index (χ2v) is 6.19. The molecule has 4 heteroatoms. The van der Waals surface area contributed by atoms with Gasteiger partial charge >= 0.3 is 0 Å². The van der Waals surface area contributed by atoms with E-state index in [-0.39, 0.29) is 0 Å². The maximum absolute atomic E-state index is 5.84. The molecule has 0 unspecified atom stereocenters. The van der Waals surface area contributed by atoms with Crippen LogP contribution in [-0.4, -0.2) is 43.2 Å². The Balaban J connectivity index is 1.75. The lowest BCUT2D eigenvalue weighted by Gasteiger charge is -2.07. The smallest absolute Gasteiger partial charge is 0.277 e. The minimum absolute atomic E-state index is 0.685. The maximum atomic E-state index is 5.84. The molecule has 3 N–H and O–H groups in total. The molecule has 1 aromatic rings. The van der Waals surface area contributed by atoms with E-state index in [0.717, 1.165) is 38.4 Å². The molecule has 0 amide bonds. The number of amidine groups is 1. The lowest BCUT2D eigenvalue weighted by Crippen LogP contribution is -2.27. The zero-order valence-electron chi connectivity index (χ0n) is 14.5. The number of ether oxygens (including phenoxy) is 1. The molecule has 128 valence electrons. The Morgan fingerprint density at radius 3 is 2.57 bits per heavy atom. The van der Waals surface area contributed by atoms with Crippen LogP contribution in [0.3, 0.4) is 0 Å². The summed E-state index contributed by atoms with van der Waals surface area (Å²) < 4.78 is 8.15. The summed E-state index contributed by atoms with van der Waals surface area (Å²) in [6.45, 7) is 6.68. The van der Waals surface area contributed by atoms with E-state index in [1.165, 1.54) is 43.5 Å². The van der Waals surface area contributed by atoms with E-state index in [2.05, 4.69) is 41.1 Å². The summed E-state index contributed by atoms with van der Waals surface area (Å²) in [5.74, 6) is 2.16. The Hall–Kier alpha value is -1.55. The van der Waals surface area contributed by atoms with E-state index in [9.17, 15) is 0 Å². The molecule has 0 fully saturated rings. The van der Waals surface area contributed by atoms with E-state index in [4.69, 9.17) is 10.5 Å². The summed E-state index contributed by atoms with van der Waals surface area (Å²) in [6, 6.07) is 8.40. The molecule has 23 heavy (non-hydrogen) atoms. The van der Waals surface area contributed by atoms with Gasteiger partial charge in [0.25, 0.3) is 5.84 Å². The summed E-state index contributed by atoms with van der Waals surface area (Å²) >= 11 is 0. The molecule has 0 atom stereocenters. The van der Waals surface area contributed by atoms with Crippen molar-refractivity contribution in [3.63, 3.8) is 0 Å². The van der Waals surface area contributed by atoms with Gasteiger partial charge in [-0.25, -0.2) is 0 Å². The van der Waals surface area contributed by atoms with Gasteiger partial charge < -0.3 is 10.5 Å². The summed E-state index contributed by atoms with van der Waals surface area (Å²) in [7, 11) is 0. The molecule has 0 saturated carbocycles. The Morgan fingerprint density at radius 2 is 1.83 bits per heavy atom. The predicted molar refractivity (Wildman–Crippen MR) is 96.5 cm³/mol. The van der Waals surface area contributed by atoms with Gasteiger partial charge in [-0.15, -0.1) is 0 Å². The number of unbranched alkanes of at least 4 members (excludes halogenated alkanes) is 5. The van der Waals surface area contributed by atoms with Crippen molar-refractivity contribution in [2.24, 2.45) is 5.73 Å². The first-order valence-electron chi connectivity index (χ1n) is 9.14. The molecule has 0 bridgehead atoms. The number of hydrogen-bond donors (Lipinski definition) is 2. The van der Waals surface area contributed by atoms with Gasteiger partial charge in [0.2, 0.25) is 0 Å². The van der Waals surface area contributed by atoms with Crippen molar-refractivity contribution in [2.45, 2.75) is 45.4 Å². The van der Waals surface area contributed by atoms with Crippen molar-refractivity contribution >= 4 is 5.84 Å². The topological polar surface area (TPSA) is 50.3 Å². The van der Waals surface area contributed by atoms with Crippen molar-refractivity contribution in [1.82, 2.24) is 5.32 Å². The summed E-state index contributed by atoms with van der Waals surface area (Å²) in [5.41, 5.74) is 6.89. The van der Waals surface area contributed by atoms with Crippen molar-refractivity contribution in [3.05, 3.63) is 29.8 Å². The van der Waals surface area contributed by atoms with Crippen LogP contribution in [0, 0.1) is 0 Å². The molecule has 0 radical (unpaired) electrons. The molecule has 2 rings (SSSR count). The fourth-order valence-corrected chi connectivity index (χ4v) is 2.98. The largest absolute Gasteiger partial charge is 0.494 e. The van der Waals surface area contributed by atoms with Crippen LogP contribution >= 0.6 is 0 Å². The van der Waals surface area contributed by atoms with Gasteiger partial charge in [0.1, 0.15) is 18.8 Å². The minimum Gasteiger partial charge on any atom is -0.494 e. The normalized spacial score (nSPS) is 14.2. The first kappa shape index (κ1) is 17.8. The first-order valence-corrected chi connectivity index (χ1v) is 9.14. The monoisotopic (exact) mass is 318 g/mol. The van der Waals surface area contributed by atoms with Crippen LogP contribution < -0.4 is 15.8 Å². The molecule has 1 heterocycles. The average Bonchev–Trinajstić information content (AvgIpc) is 3.03.